The van der Waals surface area contributed by atoms with Gasteiger partial charge in [0, 0.05) is 18.8 Å². The van der Waals surface area contributed by atoms with Crippen molar-refractivity contribution in [1.82, 2.24) is 24.9 Å². The standard InChI is InChI=1S/C18H22N6O/c1-14-11-20-23(13-14)9-8-19-12-18(25)21-17-10-15(2)22-24(17)16-6-4-3-5-7-16/h3-7,10-11,13,19H,8-9,12H2,1-2H3,(H,21,25). The maximum absolute atomic E-state index is 12.2. The second-order valence-electron chi connectivity index (χ2n) is 5.92. The van der Waals surface area contributed by atoms with E-state index < -0.39 is 0 Å². The predicted octanol–water partition coefficient (Wildman–Crippen LogP) is 1.91. The molecule has 2 heterocycles. The molecule has 0 unspecified atom stereocenters. The molecule has 25 heavy (non-hydrogen) atoms. The van der Waals surface area contributed by atoms with Crippen molar-refractivity contribution < 1.29 is 4.79 Å². The topological polar surface area (TPSA) is 76.8 Å². The van der Waals surface area contributed by atoms with Crippen LogP contribution in [0.1, 0.15) is 11.3 Å². The van der Waals surface area contributed by atoms with Gasteiger partial charge in [-0.25, -0.2) is 4.68 Å². The van der Waals surface area contributed by atoms with E-state index in [1.807, 2.05) is 67.3 Å². The molecule has 0 radical (unpaired) electrons. The van der Waals surface area contributed by atoms with Crippen molar-refractivity contribution in [2.75, 3.05) is 18.4 Å². The average Bonchev–Trinajstić information content (AvgIpc) is 3.18. The van der Waals surface area contributed by atoms with Gasteiger partial charge >= 0.3 is 0 Å². The summed E-state index contributed by atoms with van der Waals surface area (Å²) in [5, 5.41) is 14.7. The van der Waals surface area contributed by atoms with Crippen molar-refractivity contribution in [1.29, 1.82) is 0 Å². The van der Waals surface area contributed by atoms with Gasteiger partial charge in [-0.2, -0.15) is 10.2 Å². The number of carbonyl (C=O) groups excluding carboxylic acids is 1. The third-order valence-electron chi connectivity index (χ3n) is 3.67. The average molecular weight is 338 g/mol. The molecule has 0 saturated carbocycles. The maximum Gasteiger partial charge on any atom is 0.239 e. The van der Waals surface area contributed by atoms with Crippen molar-refractivity contribution >= 4 is 11.7 Å². The molecule has 7 nitrogen and oxygen atoms in total. The van der Waals surface area contributed by atoms with E-state index in [2.05, 4.69) is 20.8 Å². The van der Waals surface area contributed by atoms with E-state index in [0.29, 0.717) is 12.4 Å². The van der Waals surface area contributed by atoms with E-state index >= 15 is 0 Å². The summed E-state index contributed by atoms with van der Waals surface area (Å²) < 4.78 is 3.59. The van der Waals surface area contributed by atoms with E-state index in [9.17, 15) is 4.79 Å². The van der Waals surface area contributed by atoms with Gasteiger partial charge in [0.2, 0.25) is 5.91 Å². The summed E-state index contributed by atoms with van der Waals surface area (Å²) in [4.78, 5) is 12.2. The van der Waals surface area contributed by atoms with E-state index in [1.165, 1.54) is 0 Å². The van der Waals surface area contributed by atoms with Crippen LogP contribution >= 0.6 is 0 Å². The Balaban J connectivity index is 1.53. The zero-order valence-electron chi connectivity index (χ0n) is 14.4. The third kappa shape index (κ3) is 4.54. The minimum absolute atomic E-state index is 0.103. The summed E-state index contributed by atoms with van der Waals surface area (Å²) in [7, 11) is 0. The van der Waals surface area contributed by atoms with E-state index in [4.69, 9.17) is 0 Å². The Bertz CT molecular complexity index is 836. The zero-order valence-corrected chi connectivity index (χ0v) is 14.4. The Kier molecular flexibility index (Phi) is 5.25. The smallest absolute Gasteiger partial charge is 0.239 e. The molecule has 3 aromatic rings. The van der Waals surface area contributed by atoms with E-state index in [0.717, 1.165) is 23.5 Å². The summed E-state index contributed by atoms with van der Waals surface area (Å²) in [6, 6.07) is 11.6. The number of para-hydroxylation sites is 1. The quantitative estimate of drug-likeness (QED) is 0.645. The van der Waals surface area contributed by atoms with Gasteiger partial charge in [-0.15, -0.1) is 0 Å². The van der Waals surface area contributed by atoms with Crippen molar-refractivity contribution in [3.63, 3.8) is 0 Å². The first-order chi connectivity index (χ1) is 12.1. The second-order valence-corrected chi connectivity index (χ2v) is 5.92. The highest BCUT2D eigenvalue weighted by Crippen LogP contribution is 2.16. The first-order valence-corrected chi connectivity index (χ1v) is 8.23. The van der Waals surface area contributed by atoms with Gasteiger partial charge in [-0.1, -0.05) is 18.2 Å². The molecule has 1 aromatic carbocycles. The van der Waals surface area contributed by atoms with Crippen LogP contribution in [0.25, 0.3) is 5.69 Å². The van der Waals surface area contributed by atoms with Gasteiger partial charge in [0.05, 0.1) is 30.7 Å². The lowest BCUT2D eigenvalue weighted by Crippen LogP contribution is -2.31. The Hall–Kier alpha value is -2.93. The summed E-state index contributed by atoms with van der Waals surface area (Å²) in [6.45, 7) is 5.54. The van der Waals surface area contributed by atoms with Crippen LogP contribution in [0.3, 0.4) is 0 Å². The number of amides is 1. The molecule has 0 spiro atoms. The fourth-order valence-electron chi connectivity index (χ4n) is 2.53. The number of nitrogens with zero attached hydrogens (tertiary/aromatic N) is 4. The molecule has 0 aliphatic heterocycles. The van der Waals surface area contributed by atoms with Crippen LogP contribution in [0.15, 0.2) is 48.8 Å². The highest BCUT2D eigenvalue weighted by atomic mass is 16.2. The normalized spacial score (nSPS) is 10.8. The molecular formula is C18H22N6O. The number of aryl methyl sites for hydroxylation is 2. The number of nitrogens with one attached hydrogen (secondary N) is 2. The Morgan fingerprint density at radius 2 is 2.00 bits per heavy atom. The largest absolute Gasteiger partial charge is 0.309 e. The lowest BCUT2D eigenvalue weighted by molar-refractivity contribution is -0.115. The monoisotopic (exact) mass is 338 g/mol. The summed E-state index contributed by atoms with van der Waals surface area (Å²) in [6.07, 6.45) is 3.79. The van der Waals surface area contributed by atoms with Crippen molar-refractivity contribution in [2.24, 2.45) is 0 Å². The summed E-state index contributed by atoms with van der Waals surface area (Å²) >= 11 is 0. The van der Waals surface area contributed by atoms with Crippen LogP contribution < -0.4 is 10.6 Å². The van der Waals surface area contributed by atoms with Gasteiger partial charge in [0.25, 0.3) is 0 Å². The highest BCUT2D eigenvalue weighted by molar-refractivity contribution is 5.91. The molecule has 0 aliphatic rings. The number of hydrogen-bond donors (Lipinski definition) is 2. The van der Waals surface area contributed by atoms with Crippen molar-refractivity contribution in [2.45, 2.75) is 20.4 Å². The Morgan fingerprint density at radius 1 is 1.20 bits per heavy atom. The fourth-order valence-corrected chi connectivity index (χ4v) is 2.53. The van der Waals surface area contributed by atoms with Crippen LogP contribution in [-0.4, -0.2) is 38.6 Å². The zero-order chi connectivity index (χ0) is 17.6. The molecule has 0 saturated heterocycles. The molecule has 0 aliphatic carbocycles. The maximum atomic E-state index is 12.2. The first-order valence-electron chi connectivity index (χ1n) is 8.23. The van der Waals surface area contributed by atoms with Crippen molar-refractivity contribution in [3.05, 3.63) is 60.0 Å². The molecule has 0 atom stereocenters. The van der Waals surface area contributed by atoms with Crippen LogP contribution in [0.5, 0.6) is 0 Å². The number of rotatable bonds is 7. The van der Waals surface area contributed by atoms with E-state index in [1.54, 1.807) is 4.68 Å². The molecule has 2 aromatic heterocycles. The summed E-state index contributed by atoms with van der Waals surface area (Å²) in [5.74, 6) is 0.562. The highest BCUT2D eigenvalue weighted by Gasteiger charge is 2.10. The van der Waals surface area contributed by atoms with Crippen LogP contribution in [0.4, 0.5) is 5.82 Å². The van der Waals surface area contributed by atoms with Gasteiger partial charge in [-0.05, 0) is 31.5 Å². The van der Waals surface area contributed by atoms with Gasteiger partial charge in [0.15, 0.2) is 0 Å². The van der Waals surface area contributed by atoms with Crippen LogP contribution in [0.2, 0.25) is 0 Å². The predicted molar refractivity (Wildman–Crippen MR) is 96.8 cm³/mol. The van der Waals surface area contributed by atoms with Crippen LogP contribution in [-0.2, 0) is 11.3 Å². The molecule has 7 heteroatoms. The molecule has 3 rings (SSSR count). The van der Waals surface area contributed by atoms with Gasteiger partial charge < -0.3 is 10.6 Å². The number of aromatic nitrogens is 4. The molecule has 0 bridgehead atoms. The Labute approximate surface area is 146 Å². The Morgan fingerprint density at radius 3 is 2.72 bits per heavy atom. The van der Waals surface area contributed by atoms with Crippen LogP contribution in [0, 0.1) is 13.8 Å². The number of hydrogen-bond acceptors (Lipinski definition) is 4. The molecule has 2 N–H and O–H groups in total. The second kappa shape index (κ2) is 7.76. The molecule has 0 fully saturated rings. The lowest BCUT2D eigenvalue weighted by Gasteiger charge is -2.09. The third-order valence-corrected chi connectivity index (χ3v) is 3.67. The fraction of sp³-hybridized carbons (Fsp3) is 0.278. The van der Waals surface area contributed by atoms with Gasteiger partial charge in [0.1, 0.15) is 5.82 Å². The molecule has 1 amide bonds. The minimum Gasteiger partial charge on any atom is -0.309 e. The molecule has 130 valence electrons. The summed E-state index contributed by atoms with van der Waals surface area (Å²) in [5.41, 5.74) is 2.89. The first kappa shape index (κ1) is 16.9. The molecular weight excluding hydrogens is 316 g/mol. The lowest BCUT2D eigenvalue weighted by atomic mass is 10.3. The minimum atomic E-state index is -0.103. The van der Waals surface area contributed by atoms with Gasteiger partial charge in [-0.3, -0.25) is 9.48 Å². The number of carbonyl (C=O) groups is 1. The number of anilines is 1. The van der Waals surface area contributed by atoms with E-state index in [-0.39, 0.29) is 12.5 Å². The SMILES string of the molecule is Cc1cnn(CCNCC(=O)Nc2cc(C)nn2-c2ccccc2)c1. The number of benzene rings is 1. The van der Waals surface area contributed by atoms with Crippen molar-refractivity contribution in [3.8, 4) is 5.69 Å².